The summed E-state index contributed by atoms with van der Waals surface area (Å²) < 4.78 is 13.2. The number of nitrogens with zero attached hydrogens (tertiary/aromatic N) is 1. The van der Waals surface area contributed by atoms with E-state index >= 15 is 0 Å². The van der Waals surface area contributed by atoms with Crippen molar-refractivity contribution < 1.29 is 9.18 Å². The van der Waals surface area contributed by atoms with Gasteiger partial charge in [0.05, 0.1) is 0 Å². The van der Waals surface area contributed by atoms with Crippen molar-refractivity contribution in [3.63, 3.8) is 0 Å². The topological polar surface area (TPSA) is 32.3 Å². The van der Waals surface area contributed by atoms with E-state index in [0.29, 0.717) is 11.6 Å². The number of carbonyl (C=O) groups excluding carboxylic acids is 1. The van der Waals surface area contributed by atoms with Crippen LogP contribution in [0.2, 0.25) is 0 Å². The Labute approximate surface area is 126 Å². The Hall–Kier alpha value is -1.42. The lowest BCUT2D eigenvalue weighted by molar-refractivity contribution is -0.135. The molecule has 0 saturated carbocycles. The number of carbonyl (C=O) groups is 1. The van der Waals surface area contributed by atoms with Gasteiger partial charge in [-0.25, -0.2) is 4.39 Å². The van der Waals surface area contributed by atoms with E-state index in [-0.39, 0.29) is 17.6 Å². The van der Waals surface area contributed by atoms with Gasteiger partial charge in [-0.2, -0.15) is 0 Å². The number of halogens is 1. The van der Waals surface area contributed by atoms with Crippen molar-refractivity contribution in [1.82, 2.24) is 10.2 Å². The maximum Gasteiger partial charge on any atom is 0.225 e. The van der Waals surface area contributed by atoms with Crippen molar-refractivity contribution in [2.75, 3.05) is 13.1 Å². The zero-order chi connectivity index (χ0) is 15.4. The summed E-state index contributed by atoms with van der Waals surface area (Å²) in [5.74, 6) is 0.179. The van der Waals surface area contributed by atoms with Crippen LogP contribution < -0.4 is 5.32 Å². The van der Waals surface area contributed by atoms with Crippen LogP contribution in [0.1, 0.15) is 37.8 Å². The fourth-order valence-electron chi connectivity index (χ4n) is 2.75. The molecule has 1 amide bonds. The lowest BCUT2D eigenvalue weighted by Gasteiger charge is -2.33. The van der Waals surface area contributed by atoms with Crippen molar-refractivity contribution >= 4 is 5.91 Å². The molecule has 1 aliphatic rings. The van der Waals surface area contributed by atoms with E-state index in [0.717, 1.165) is 38.0 Å². The molecule has 0 aliphatic carbocycles. The molecule has 1 aromatic rings. The molecule has 0 spiro atoms. The summed E-state index contributed by atoms with van der Waals surface area (Å²) in [6.07, 6.45) is 1.97. The first-order valence-corrected chi connectivity index (χ1v) is 7.74. The van der Waals surface area contributed by atoms with E-state index in [1.54, 1.807) is 6.92 Å². The monoisotopic (exact) mass is 292 g/mol. The fraction of sp³-hybridized carbons (Fsp3) is 0.588. The summed E-state index contributed by atoms with van der Waals surface area (Å²) >= 11 is 0. The number of amides is 1. The Morgan fingerprint density at radius 3 is 2.62 bits per heavy atom. The fourth-order valence-corrected chi connectivity index (χ4v) is 2.75. The highest BCUT2D eigenvalue weighted by molar-refractivity contribution is 5.78. The molecule has 1 aromatic carbocycles. The second kappa shape index (κ2) is 7.03. The van der Waals surface area contributed by atoms with Gasteiger partial charge < -0.3 is 10.2 Å². The summed E-state index contributed by atoms with van der Waals surface area (Å²) in [5.41, 5.74) is 1.79. The molecule has 1 heterocycles. The number of hydrogen-bond donors (Lipinski definition) is 1. The van der Waals surface area contributed by atoms with Crippen LogP contribution in [0.3, 0.4) is 0 Å². The molecule has 3 nitrogen and oxygen atoms in total. The van der Waals surface area contributed by atoms with Crippen LogP contribution in [0.15, 0.2) is 18.2 Å². The summed E-state index contributed by atoms with van der Waals surface area (Å²) in [7, 11) is 0. The summed E-state index contributed by atoms with van der Waals surface area (Å²) in [6.45, 7) is 8.10. The van der Waals surface area contributed by atoms with Gasteiger partial charge in [-0.15, -0.1) is 0 Å². The van der Waals surface area contributed by atoms with E-state index in [4.69, 9.17) is 0 Å². The standard InChI is InChI=1S/C17H25FN2O/c1-12(2)17(21)20-8-6-15(7-9-20)19-11-14-4-5-16(18)13(3)10-14/h4-5,10,12,15,19H,6-9,11H2,1-3H3. The highest BCUT2D eigenvalue weighted by Gasteiger charge is 2.23. The molecular weight excluding hydrogens is 267 g/mol. The third kappa shape index (κ3) is 4.27. The first kappa shape index (κ1) is 16.0. The van der Waals surface area contributed by atoms with E-state index in [1.807, 2.05) is 30.9 Å². The number of benzene rings is 1. The lowest BCUT2D eigenvalue weighted by atomic mass is 10.0. The molecule has 0 unspecified atom stereocenters. The molecule has 1 aliphatic heterocycles. The molecule has 2 rings (SSSR count). The van der Waals surface area contributed by atoms with Crippen LogP contribution in [0.5, 0.6) is 0 Å². The molecule has 0 radical (unpaired) electrons. The van der Waals surface area contributed by atoms with Crippen LogP contribution in [0.25, 0.3) is 0 Å². The molecule has 21 heavy (non-hydrogen) atoms. The second-order valence-corrected chi connectivity index (χ2v) is 6.22. The number of hydrogen-bond acceptors (Lipinski definition) is 2. The van der Waals surface area contributed by atoms with Gasteiger partial charge in [0, 0.05) is 31.6 Å². The highest BCUT2D eigenvalue weighted by atomic mass is 19.1. The minimum Gasteiger partial charge on any atom is -0.342 e. The van der Waals surface area contributed by atoms with Gasteiger partial charge in [-0.1, -0.05) is 26.0 Å². The van der Waals surface area contributed by atoms with E-state index in [2.05, 4.69) is 5.32 Å². The Balaban J connectivity index is 1.78. The van der Waals surface area contributed by atoms with Crippen molar-refractivity contribution in [2.45, 2.75) is 46.2 Å². The molecule has 1 fully saturated rings. The molecule has 1 saturated heterocycles. The van der Waals surface area contributed by atoms with Crippen LogP contribution in [0.4, 0.5) is 4.39 Å². The quantitative estimate of drug-likeness (QED) is 0.925. The summed E-state index contributed by atoms with van der Waals surface area (Å²) in [5, 5.41) is 3.51. The molecular formula is C17H25FN2O. The Bertz CT molecular complexity index is 494. The number of aryl methyl sites for hydroxylation is 1. The van der Waals surface area contributed by atoms with Gasteiger partial charge >= 0.3 is 0 Å². The molecule has 0 bridgehead atoms. The minimum atomic E-state index is -0.153. The van der Waals surface area contributed by atoms with Crippen LogP contribution in [0, 0.1) is 18.7 Å². The van der Waals surface area contributed by atoms with E-state index < -0.39 is 0 Å². The summed E-state index contributed by atoms with van der Waals surface area (Å²) in [6, 6.07) is 5.68. The second-order valence-electron chi connectivity index (χ2n) is 6.22. The maximum atomic E-state index is 13.2. The van der Waals surface area contributed by atoms with Gasteiger partial charge in [0.2, 0.25) is 5.91 Å². The van der Waals surface area contributed by atoms with E-state index in [1.165, 1.54) is 6.07 Å². The Morgan fingerprint density at radius 1 is 1.38 bits per heavy atom. The largest absolute Gasteiger partial charge is 0.342 e. The average molecular weight is 292 g/mol. The SMILES string of the molecule is Cc1cc(CNC2CCN(C(=O)C(C)C)CC2)ccc1F. The van der Waals surface area contributed by atoms with Crippen molar-refractivity contribution in [3.8, 4) is 0 Å². The number of likely N-dealkylation sites (tertiary alicyclic amines) is 1. The molecule has 0 aromatic heterocycles. The predicted molar refractivity (Wildman–Crippen MR) is 82.4 cm³/mol. The Morgan fingerprint density at radius 2 is 2.05 bits per heavy atom. The van der Waals surface area contributed by atoms with Crippen molar-refractivity contribution in [3.05, 3.63) is 35.1 Å². The van der Waals surface area contributed by atoms with Gasteiger partial charge in [0.25, 0.3) is 0 Å². The predicted octanol–water partition coefficient (Wildman–Crippen LogP) is 2.87. The third-order valence-corrected chi connectivity index (χ3v) is 4.12. The van der Waals surface area contributed by atoms with Crippen LogP contribution in [-0.2, 0) is 11.3 Å². The van der Waals surface area contributed by atoms with Crippen molar-refractivity contribution in [1.29, 1.82) is 0 Å². The highest BCUT2D eigenvalue weighted by Crippen LogP contribution is 2.15. The normalized spacial score (nSPS) is 16.5. The van der Waals surface area contributed by atoms with Gasteiger partial charge in [-0.3, -0.25) is 4.79 Å². The average Bonchev–Trinajstić information content (AvgIpc) is 2.48. The summed E-state index contributed by atoms with van der Waals surface area (Å²) in [4.78, 5) is 13.9. The van der Waals surface area contributed by atoms with Crippen LogP contribution in [-0.4, -0.2) is 29.9 Å². The molecule has 0 atom stereocenters. The molecule has 116 valence electrons. The van der Waals surface area contributed by atoms with Gasteiger partial charge in [0.1, 0.15) is 5.82 Å². The molecule has 1 N–H and O–H groups in total. The zero-order valence-electron chi connectivity index (χ0n) is 13.2. The minimum absolute atomic E-state index is 0.0803. The number of nitrogens with one attached hydrogen (secondary N) is 1. The smallest absolute Gasteiger partial charge is 0.225 e. The zero-order valence-corrected chi connectivity index (χ0v) is 13.2. The van der Waals surface area contributed by atoms with E-state index in [9.17, 15) is 9.18 Å². The molecule has 4 heteroatoms. The number of rotatable bonds is 4. The van der Waals surface area contributed by atoms with Crippen LogP contribution >= 0.6 is 0 Å². The third-order valence-electron chi connectivity index (χ3n) is 4.12. The van der Waals surface area contributed by atoms with Gasteiger partial charge in [-0.05, 0) is 37.0 Å². The first-order valence-electron chi connectivity index (χ1n) is 7.74. The lowest BCUT2D eigenvalue weighted by Crippen LogP contribution is -2.45. The number of piperidine rings is 1. The maximum absolute atomic E-state index is 13.2. The first-order chi connectivity index (χ1) is 9.97. The van der Waals surface area contributed by atoms with Gasteiger partial charge in [0.15, 0.2) is 0 Å². The Kier molecular flexibility index (Phi) is 5.34. The van der Waals surface area contributed by atoms with Crippen molar-refractivity contribution in [2.24, 2.45) is 5.92 Å².